The molecule has 25 heavy (non-hydrogen) atoms. The van der Waals surface area contributed by atoms with E-state index in [2.05, 4.69) is 9.98 Å². The summed E-state index contributed by atoms with van der Waals surface area (Å²) in [7, 11) is 0. The zero-order chi connectivity index (χ0) is 18.0. The Labute approximate surface area is 152 Å². The standard InChI is InChI=1S/C16H14N4O3S2/c1-3-19-14(21)13(25-16(19)18-15-17-8-9-24-15)10(2)11-4-6-12(7-5-11)20(22)23/h4-9H,3H2,1-2H3/b13-10-,18-16+. The van der Waals surface area contributed by atoms with Crippen molar-refractivity contribution in [1.29, 1.82) is 0 Å². The highest BCUT2D eigenvalue weighted by molar-refractivity contribution is 8.18. The number of hydrogen-bond acceptors (Lipinski definition) is 7. The van der Waals surface area contributed by atoms with Crippen molar-refractivity contribution in [2.45, 2.75) is 13.8 Å². The lowest BCUT2D eigenvalue weighted by atomic mass is 10.1. The van der Waals surface area contributed by atoms with Gasteiger partial charge in [-0.2, -0.15) is 4.99 Å². The highest BCUT2D eigenvalue weighted by atomic mass is 32.2. The number of amides is 1. The number of hydrogen-bond donors (Lipinski definition) is 0. The molecular weight excluding hydrogens is 360 g/mol. The molecule has 0 aliphatic carbocycles. The third-order valence-electron chi connectivity index (χ3n) is 3.64. The molecule has 0 radical (unpaired) electrons. The second kappa shape index (κ2) is 7.16. The number of aromatic nitrogens is 1. The number of carbonyl (C=O) groups excluding carboxylic acids is 1. The average molecular weight is 374 g/mol. The first-order valence-electron chi connectivity index (χ1n) is 7.45. The van der Waals surface area contributed by atoms with E-state index in [-0.39, 0.29) is 11.6 Å². The Bertz CT molecular complexity index is 873. The summed E-state index contributed by atoms with van der Waals surface area (Å²) in [6.07, 6.45) is 1.67. The van der Waals surface area contributed by atoms with Crippen LogP contribution in [0.25, 0.3) is 5.57 Å². The predicted molar refractivity (Wildman–Crippen MR) is 99.9 cm³/mol. The van der Waals surface area contributed by atoms with Crippen LogP contribution < -0.4 is 0 Å². The fourth-order valence-electron chi connectivity index (χ4n) is 2.32. The van der Waals surface area contributed by atoms with Crippen LogP contribution >= 0.6 is 23.1 Å². The summed E-state index contributed by atoms with van der Waals surface area (Å²) in [5.74, 6) is -0.112. The van der Waals surface area contributed by atoms with E-state index in [1.165, 1.54) is 35.2 Å². The van der Waals surface area contributed by atoms with Gasteiger partial charge in [0, 0.05) is 30.3 Å². The van der Waals surface area contributed by atoms with Crippen molar-refractivity contribution < 1.29 is 9.72 Å². The number of amidine groups is 1. The minimum atomic E-state index is -0.445. The molecule has 0 bridgehead atoms. The summed E-state index contributed by atoms with van der Waals surface area (Å²) in [5.41, 5.74) is 1.56. The molecule has 1 saturated heterocycles. The average Bonchev–Trinajstić information content (AvgIpc) is 3.22. The largest absolute Gasteiger partial charge is 0.287 e. The first-order valence-corrected chi connectivity index (χ1v) is 9.14. The van der Waals surface area contributed by atoms with Gasteiger partial charge < -0.3 is 0 Å². The topological polar surface area (TPSA) is 88.7 Å². The molecule has 1 aromatic heterocycles. The normalized spacial score (nSPS) is 18.1. The SMILES string of the molecule is CCN1C(=O)/C(=C(\C)c2ccc([N+](=O)[O-])cc2)S/C1=N/c1nccs1. The lowest BCUT2D eigenvalue weighted by molar-refractivity contribution is -0.384. The van der Waals surface area contributed by atoms with E-state index in [1.807, 2.05) is 19.2 Å². The van der Waals surface area contributed by atoms with Gasteiger partial charge in [-0.3, -0.25) is 19.8 Å². The van der Waals surface area contributed by atoms with Gasteiger partial charge in [-0.25, -0.2) is 4.98 Å². The Morgan fingerprint density at radius 1 is 1.36 bits per heavy atom. The van der Waals surface area contributed by atoms with E-state index in [4.69, 9.17) is 0 Å². The van der Waals surface area contributed by atoms with Gasteiger partial charge in [0.25, 0.3) is 11.6 Å². The van der Waals surface area contributed by atoms with E-state index in [0.717, 1.165) is 11.1 Å². The molecule has 1 fully saturated rings. The van der Waals surface area contributed by atoms with Gasteiger partial charge in [-0.15, -0.1) is 11.3 Å². The molecule has 0 N–H and O–H groups in total. The molecule has 0 atom stereocenters. The molecule has 2 heterocycles. The van der Waals surface area contributed by atoms with Gasteiger partial charge in [0.1, 0.15) is 0 Å². The van der Waals surface area contributed by atoms with Gasteiger partial charge in [-0.1, -0.05) is 0 Å². The van der Waals surface area contributed by atoms with Crippen molar-refractivity contribution in [3.63, 3.8) is 0 Å². The molecule has 0 saturated carbocycles. The summed E-state index contributed by atoms with van der Waals surface area (Å²) in [6, 6.07) is 6.18. The molecule has 7 nitrogen and oxygen atoms in total. The lowest BCUT2D eigenvalue weighted by Gasteiger charge is -2.11. The van der Waals surface area contributed by atoms with Crippen molar-refractivity contribution in [2.24, 2.45) is 4.99 Å². The van der Waals surface area contributed by atoms with Crippen LogP contribution in [-0.2, 0) is 4.79 Å². The number of aliphatic imine (C=N–C) groups is 1. The number of thioether (sulfide) groups is 1. The molecule has 0 spiro atoms. The molecule has 1 aliphatic rings. The highest BCUT2D eigenvalue weighted by Gasteiger charge is 2.34. The lowest BCUT2D eigenvalue weighted by Crippen LogP contribution is -2.28. The van der Waals surface area contributed by atoms with E-state index < -0.39 is 4.92 Å². The van der Waals surface area contributed by atoms with Crippen LogP contribution in [0.5, 0.6) is 0 Å². The number of nitrogens with zero attached hydrogens (tertiary/aromatic N) is 4. The van der Waals surface area contributed by atoms with Crippen LogP contribution in [0.3, 0.4) is 0 Å². The number of carbonyl (C=O) groups is 1. The van der Waals surface area contributed by atoms with E-state index in [1.54, 1.807) is 23.2 Å². The van der Waals surface area contributed by atoms with Crippen LogP contribution in [0.1, 0.15) is 19.4 Å². The Morgan fingerprint density at radius 3 is 2.64 bits per heavy atom. The molecule has 1 amide bonds. The van der Waals surface area contributed by atoms with Crippen LogP contribution in [-0.4, -0.2) is 32.4 Å². The Kier molecular flexibility index (Phi) is 4.95. The quantitative estimate of drug-likeness (QED) is 0.457. The Hall–Kier alpha value is -2.52. The number of rotatable bonds is 4. The van der Waals surface area contributed by atoms with Crippen LogP contribution in [0.15, 0.2) is 45.7 Å². The van der Waals surface area contributed by atoms with Crippen molar-refractivity contribution in [3.8, 4) is 0 Å². The summed E-state index contributed by atoms with van der Waals surface area (Å²) in [6.45, 7) is 4.23. The van der Waals surface area contributed by atoms with Crippen LogP contribution in [0.4, 0.5) is 10.8 Å². The molecule has 9 heteroatoms. The van der Waals surface area contributed by atoms with Crippen molar-refractivity contribution in [3.05, 3.63) is 56.4 Å². The molecule has 128 valence electrons. The van der Waals surface area contributed by atoms with Crippen molar-refractivity contribution in [2.75, 3.05) is 6.54 Å². The van der Waals surface area contributed by atoms with Gasteiger partial charge in [-0.05, 0) is 48.9 Å². The van der Waals surface area contributed by atoms with Crippen molar-refractivity contribution in [1.82, 2.24) is 9.88 Å². The van der Waals surface area contributed by atoms with Gasteiger partial charge in [0.15, 0.2) is 5.17 Å². The minimum absolute atomic E-state index is 0.0214. The first-order chi connectivity index (χ1) is 12.0. The maximum absolute atomic E-state index is 12.7. The van der Waals surface area contributed by atoms with E-state index in [0.29, 0.717) is 21.7 Å². The number of thiazole rings is 1. The van der Waals surface area contributed by atoms with Gasteiger partial charge >= 0.3 is 0 Å². The van der Waals surface area contributed by atoms with Gasteiger partial charge in [0.2, 0.25) is 5.13 Å². The maximum atomic E-state index is 12.7. The Morgan fingerprint density at radius 2 is 2.08 bits per heavy atom. The fraction of sp³-hybridized carbons (Fsp3) is 0.188. The second-order valence-electron chi connectivity index (χ2n) is 5.12. The van der Waals surface area contributed by atoms with Crippen LogP contribution in [0, 0.1) is 10.1 Å². The smallest absolute Gasteiger partial charge is 0.269 e. The minimum Gasteiger partial charge on any atom is -0.287 e. The predicted octanol–water partition coefficient (Wildman–Crippen LogP) is 4.07. The number of likely N-dealkylation sites (N-methyl/N-ethyl adjacent to an activating group) is 1. The highest BCUT2D eigenvalue weighted by Crippen LogP contribution is 2.38. The molecule has 1 aromatic carbocycles. The molecule has 2 aromatic rings. The number of nitro benzene ring substituents is 1. The van der Waals surface area contributed by atoms with E-state index >= 15 is 0 Å². The summed E-state index contributed by atoms with van der Waals surface area (Å²) >= 11 is 2.71. The monoisotopic (exact) mass is 374 g/mol. The number of non-ortho nitro benzene ring substituents is 1. The third-order valence-corrected chi connectivity index (χ3v) is 5.49. The fourth-order valence-corrected chi connectivity index (χ4v) is 3.98. The maximum Gasteiger partial charge on any atom is 0.269 e. The summed E-state index contributed by atoms with van der Waals surface area (Å²) < 4.78 is 0. The zero-order valence-corrected chi connectivity index (χ0v) is 15.1. The summed E-state index contributed by atoms with van der Waals surface area (Å²) in [4.78, 5) is 33.8. The second-order valence-corrected chi connectivity index (χ2v) is 6.97. The zero-order valence-electron chi connectivity index (χ0n) is 13.5. The van der Waals surface area contributed by atoms with Gasteiger partial charge in [0.05, 0.1) is 9.83 Å². The third kappa shape index (κ3) is 3.47. The molecule has 0 unspecified atom stereocenters. The molecule has 1 aliphatic heterocycles. The molecular formula is C16H14N4O3S2. The number of benzene rings is 1. The van der Waals surface area contributed by atoms with Crippen molar-refractivity contribution >= 4 is 50.6 Å². The Balaban J connectivity index is 1.96. The number of allylic oxidation sites excluding steroid dienone is 1. The number of nitro groups is 1. The summed E-state index contributed by atoms with van der Waals surface area (Å²) in [5, 5.41) is 13.8. The van der Waals surface area contributed by atoms with E-state index in [9.17, 15) is 14.9 Å². The van der Waals surface area contributed by atoms with Crippen LogP contribution in [0.2, 0.25) is 0 Å². The first kappa shape index (κ1) is 17.3. The molecule has 3 rings (SSSR count).